The molecule has 0 atom stereocenters. The molecule has 1 aromatic carbocycles. The molecule has 23 heavy (non-hydrogen) atoms. The number of carbonyl (C=O) groups excluding carboxylic acids is 1. The Morgan fingerprint density at radius 3 is 2.87 bits per heavy atom. The lowest BCUT2D eigenvalue weighted by atomic mass is 10.2. The van der Waals surface area contributed by atoms with Crippen LogP contribution in [0.1, 0.15) is 12.5 Å². The van der Waals surface area contributed by atoms with E-state index in [1.807, 2.05) is 6.07 Å². The smallest absolute Gasteiger partial charge is 0.264 e. The Labute approximate surface area is 133 Å². The molecule has 1 heterocycles. The van der Waals surface area contributed by atoms with Gasteiger partial charge in [-0.25, -0.2) is 8.42 Å². The van der Waals surface area contributed by atoms with Crippen molar-refractivity contribution >= 4 is 21.6 Å². The summed E-state index contributed by atoms with van der Waals surface area (Å²) in [6, 6.07) is 7.52. The van der Waals surface area contributed by atoms with Crippen molar-refractivity contribution in [2.75, 3.05) is 17.4 Å². The second kappa shape index (κ2) is 6.93. The van der Waals surface area contributed by atoms with Crippen molar-refractivity contribution in [1.29, 1.82) is 5.26 Å². The molecule has 0 aliphatic heterocycles. The number of anilines is 1. The molecule has 9 heteroatoms. The molecule has 2 N–H and O–H groups in total. The van der Waals surface area contributed by atoms with Crippen molar-refractivity contribution in [3.63, 3.8) is 0 Å². The Morgan fingerprint density at radius 1 is 1.48 bits per heavy atom. The molecule has 0 bridgehead atoms. The number of nitriles is 1. The minimum atomic E-state index is -4.01. The molecule has 2 rings (SSSR count). The van der Waals surface area contributed by atoms with Gasteiger partial charge >= 0.3 is 0 Å². The second-order valence-electron chi connectivity index (χ2n) is 4.56. The fourth-order valence-corrected chi connectivity index (χ4v) is 3.38. The third-order valence-corrected chi connectivity index (χ3v) is 4.75. The van der Waals surface area contributed by atoms with Gasteiger partial charge in [-0.3, -0.25) is 14.2 Å². The SMILES string of the molecule is CCNC(=O)CN(c1cn[nH]c1)S(=O)(=O)c1cccc(C#N)c1. The van der Waals surface area contributed by atoms with Gasteiger partial charge in [-0.05, 0) is 25.1 Å². The molecule has 0 saturated carbocycles. The van der Waals surface area contributed by atoms with E-state index >= 15 is 0 Å². The van der Waals surface area contributed by atoms with Crippen LogP contribution in [0.4, 0.5) is 5.69 Å². The molecular formula is C14H15N5O3S. The van der Waals surface area contributed by atoms with Gasteiger partial charge in [-0.15, -0.1) is 0 Å². The van der Waals surface area contributed by atoms with Crippen LogP contribution in [0, 0.1) is 11.3 Å². The van der Waals surface area contributed by atoms with E-state index in [1.54, 1.807) is 6.92 Å². The number of hydrogen-bond acceptors (Lipinski definition) is 5. The van der Waals surface area contributed by atoms with Crippen molar-refractivity contribution < 1.29 is 13.2 Å². The zero-order valence-corrected chi connectivity index (χ0v) is 13.2. The van der Waals surface area contributed by atoms with Crippen LogP contribution in [-0.4, -0.2) is 37.6 Å². The second-order valence-corrected chi connectivity index (χ2v) is 6.42. The van der Waals surface area contributed by atoms with Crippen molar-refractivity contribution in [3.8, 4) is 6.07 Å². The highest BCUT2D eigenvalue weighted by Gasteiger charge is 2.27. The van der Waals surface area contributed by atoms with Gasteiger partial charge in [0.1, 0.15) is 6.54 Å². The number of nitrogens with zero attached hydrogens (tertiary/aromatic N) is 3. The van der Waals surface area contributed by atoms with Crippen molar-refractivity contribution in [2.24, 2.45) is 0 Å². The Kier molecular flexibility index (Phi) is 4.98. The molecule has 0 aliphatic rings. The average molecular weight is 333 g/mol. The van der Waals surface area contributed by atoms with E-state index in [4.69, 9.17) is 5.26 Å². The number of carbonyl (C=O) groups is 1. The van der Waals surface area contributed by atoms with E-state index in [1.165, 1.54) is 36.7 Å². The first-order chi connectivity index (χ1) is 11.0. The Balaban J connectivity index is 2.44. The van der Waals surface area contributed by atoms with Crippen LogP contribution in [0.25, 0.3) is 0 Å². The first-order valence-electron chi connectivity index (χ1n) is 6.77. The van der Waals surface area contributed by atoms with Gasteiger partial charge in [0.05, 0.1) is 28.4 Å². The first kappa shape index (κ1) is 16.5. The summed E-state index contributed by atoms with van der Waals surface area (Å²) in [5, 5.41) is 17.7. The van der Waals surface area contributed by atoms with Crippen molar-refractivity contribution in [2.45, 2.75) is 11.8 Å². The quantitative estimate of drug-likeness (QED) is 0.803. The summed E-state index contributed by atoms with van der Waals surface area (Å²) in [5.74, 6) is -0.436. The number of H-pyrrole nitrogens is 1. The van der Waals surface area contributed by atoms with Crippen LogP contribution in [0.3, 0.4) is 0 Å². The normalized spacial score (nSPS) is 10.8. The molecule has 8 nitrogen and oxygen atoms in total. The van der Waals surface area contributed by atoms with Crippen LogP contribution in [-0.2, 0) is 14.8 Å². The maximum atomic E-state index is 12.8. The Morgan fingerprint density at radius 2 is 2.26 bits per heavy atom. The molecule has 0 aliphatic carbocycles. The zero-order valence-electron chi connectivity index (χ0n) is 12.4. The van der Waals surface area contributed by atoms with E-state index in [0.717, 1.165) is 4.31 Å². The third-order valence-electron chi connectivity index (χ3n) is 2.98. The van der Waals surface area contributed by atoms with E-state index in [0.29, 0.717) is 6.54 Å². The lowest BCUT2D eigenvalue weighted by Gasteiger charge is -2.22. The van der Waals surface area contributed by atoms with Gasteiger partial charge in [-0.1, -0.05) is 6.07 Å². The number of hydrogen-bond donors (Lipinski definition) is 2. The van der Waals surface area contributed by atoms with Crippen LogP contribution in [0.5, 0.6) is 0 Å². The molecule has 0 fully saturated rings. The monoisotopic (exact) mass is 333 g/mol. The maximum Gasteiger partial charge on any atom is 0.264 e. The number of aromatic amines is 1. The topological polar surface area (TPSA) is 119 Å². The molecule has 0 unspecified atom stereocenters. The number of nitrogens with one attached hydrogen (secondary N) is 2. The predicted molar refractivity (Wildman–Crippen MR) is 83.0 cm³/mol. The lowest BCUT2D eigenvalue weighted by Crippen LogP contribution is -2.40. The molecule has 1 amide bonds. The molecule has 0 saturated heterocycles. The summed E-state index contributed by atoms with van der Waals surface area (Å²) < 4.78 is 26.6. The van der Waals surface area contributed by atoms with E-state index in [9.17, 15) is 13.2 Å². The van der Waals surface area contributed by atoms with Crippen LogP contribution in [0.15, 0.2) is 41.6 Å². The molecule has 0 spiro atoms. The Hall–Kier alpha value is -2.86. The summed E-state index contributed by atoms with van der Waals surface area (Å²) in [5.41, 5.74) is 0.454. The van der Waals surface area contributed by atoms with Gasteiger partial charge in [0, 0.05) is 12.7 Å². The van der Waals surface area contributed by atoms with Gasteiger partial charge in [0.25, 0.3) is 10.0 Å². The average Bonchev–Trinajstić information content (AvgIpc) is 3.06. The van der Waals surface area contributed by atoms with E-state index in [2.05, 4.69) is 15.5 Å². The molecule has 1 aromatic heterocycles. The fraction of sp³-hybridized carbons (Fsp3) is 0.214. The largest absolute Gasteiger partial charge is 0.355 e. The van der Waals surface area contributed by atoms with Gasteiger partial charge in [-0.2, -0.15) is 10.4 Å². The molecular weight excluding hydrogens is 318 g/mol. The standard InChI is InChI=1S/C14H15N5O3S/c1-2-16-14(20)10-19(12-8-17-18-9-12)23(21,22)13-5-3-4-11(6-13)7-15/h3-6,8-9H,2,10H2,1H3,(H,16,20)(H,17,18). The van der Waals surface area contributed by atoms with Crippen LogP contribution < -0.4 is 9.62 Å². The number of likely N-dealkylation sites (N-methyl/N-ethyl adjacent to an activating group) is 1. The summed E-state index contributed by atoms with van der Waals surface area (Å²) in [6.45, 7) is 1.75. The molecule has 120 valence electrons. The fourth-order valence-electron chi connectivity index (χ4n) is 1.93. The number of aromatic nitrogens is 2. The van der Waals surface area contributed by atoms with Crippen LogP contribution >= 0.6 is 0 Å². The summed E-state index contributed by atoms with van der Waals surface area (Å²) >= 11 is 0. The van der Waals surface area contributed by atoms with E-state index in [-0.39, 0.29) is 22.7 Å². The summed E-state index contributed by atoms with van der Waals surface area (Å²) in [7, 11) is -4.01. The number of amides is 1. The highest BCUT2D eigenvalue weighted by molar-refractivity contribution is 7.92. The van der Waals surface area contributed by atoms with Crippen molar-refractivity contribution in [1.82, 2.24) is 15.5 Å². The van der Waals surface area contributed by atoms with Crippen molar-refractivity contribution in [3.05, 3.63) is 42.2 Å². The van der Waals surface area contributed by atoms with Crippen LogP contribution in [0.2, 0.25) is 0 Å². The van der Waals surface area contributed by atoms with Gasteiger partial charge in [0.15, 0.2) is 0 Å². The van der Waals surface area contributed by atoms with Gasteiger partial charge in [0.2, 0.25) is 5.91 Å². The number of rotatable bonds is 6. The Bertz CT molecular complexity index is 824. The predicted octanol–water partition coefficient (Wildman–Crippen LogP) is 0.613. The lowest BCUT2D eigenvalue weighted by molar-refractivity contribution is -0.119. The van der Waals surface area contributed by atoms with Gasteiger partial charge < -0.3 is 5.32 Å². The molecule has 2 aromatic rings. The first-order valence-corrected chi connectivity index (χ1v) is 8.21. The number of sulfonamides is 1. The maximum absolute atomic E-state index is 12.8. The summed E-state index contributed by atoms with van der Waals surface area (Å²) in [4.78, 5) is 11.8. The zero-order chi connectivity index (χ0) is 16.9. The minimum Gasteiger partial charge on any atom is -0.355 e. The molecule has 0 radical (unpaired) electrons. The minimum absolute atomic E-state index is 0.0675. The third kappa shape index (κ3) is 3.67. The van der Waals surface area contributed by atoms with E-state index < -0.39 is 15.9 Å². The highest BCUT2D eigenvalue weighted by Crippen LogP contribution is 2.22. The summed E-state index contributed by atoms with van der Waals surface area (Å²) in [6.07, 6.45) is 2.69. The highest BCUT2D eigenvalue weighted by atomic mass is 32.2. The number of benzene rings is 1.